The van der Waals surface area contributed by atoms with Crippen LogP contribution in [-0.2, 0) is 25.7 Å². The van der Waals surface area contributed by atoms with Crippen molar-refractivity contribution >= 4 is 53.5 Å². The summed E-state index contributed by atoms with van der Waals surface area (Å²) in [6, 6.07) is 3.99. The molecule has 2 fully saturated rings. The maximum Gasteiger partial charge on any atom is 0.326 e. The Labute approximate surface area is 176 Å². The zero-order valence-electron chi connectivity index (χ0n) is 14.6. The lowest BCUT2D eigenvalue weighted by molar-refractivity contribution is -0.154. The Morgan fingerprint density at radius 3 is 2.39 bits per heavy atom. The predicted octanol–water partition coefficient (Wildman–Crippen LogP) is 1.55. The highest BCUT2D eigenvalue weighted by Gasteiger charge is 2.78. The standard InChI is InChI=1S/C17H18Cl2N2O6.ClH/c1-6(22)21-13-10-11(15(23)24)12(10)17(20,16(25)26)14(13)27-5-7-2-3-8(18)9(19)4-7;/h2-4,10-14H,5,20H2,1H3,(H,21,22)(H,23,24)(H,25,26);1H/t10-,11-,12-,13-,14+,17+;/m0./s1. The molecule has 0 spiro atoms. The monoisotopic (exact) mass is 452 g/mol. The van der Waals surface area contributed by atoms with Crippen LogP contribution in [-0.4, -0.2) is 45.7 Å². The van der Waals surface area contributed by atoms with Crippen LogP contribution < -0.4 is 11.1 Å². The average Bonchev–Trinajstić information content (AvgIpc) is 3.27. The van der Waals surface area contributed by atoms with E-state index in [1.54, 1.807) is 18.2 Å². The van der Waals surface area contributed by atoms with Crippen LogP contribution in [0.2, 0.25) is 10.0 Å². The van der Waals surface area contributed by atoms with Crippen LogP contribution in [0, 0.1) is 17.8 Å². The molecule has 0 aromatic heterocycles. The van der Waals surface area contributed by atoms with Gasteiger partial charge in [0, 0.05) is 18.8 Å². The molecule has 2 aliphatic rings. The maximum absolute atomic E-state index is 11.9. The first-order chi connectivity index (χ1) is 12.6. The van der Waals surface area contributed by atoms with Crippen molar-refractivity contribution in [1.29, 1.82) is 0 Å². The van der Waals surface area contributed by atoms with E-state index in [0.717, 1.165) is 0 Å². The number of hydrogen-bond acceptors (Lipinski definition) is 5. The van der Waals surface area contributed by atoms with Gasteiger partial charge in [-0.1, -0.05) is 29.3 Å². The van der Waals surface area contributed by atoms with Gasteiger partial charge in [-0.3, -0.25) is 14.4 Å². The number of carbonyl (C=O) groups excluding carboxylic acids is 1. The number of amides is 1. The number of nitrogens with two attached hydrogens (primary N) is 1. The largest absolute Gasteiger partial charge is 0.481 e. The van der Waals surface area contributed by atoms with Crippen LogP contribution >= 0.6 is 35.6 Å². The van der Waals surface area contributed by atoms with E-state index in [-0.39, 0.29) is 19.0 Å². The van der Waals surface area contributed by atoms with Crippen molar-refractivity contribution in [2.24, 2.45) is 23.5 Å². The minimum Gasteiger partial charge on any atom is -0.481 e. The van der Waals surface area contributed by atoms with Gasteiger partial charge in [-0.2, -0.15) is 0 Å². The summed E-state index contributed by atoms with van der Waals surface area (Å²) in [7, 11) is 0. The summed E-state index contributed by atoms with van der Waals surface area (Å²) in [4.78, 5) is 35.0. The molecule has 1 amide bonds. The number of rotatable bonds is 6. The van der Waals surface area contributed by atoms with Crippen molar-refractivity contribution in [3.63, 3.8) is 0 Å². The first kappa shape index (κ1) is 22.7. The van der Waals surface area contributed by atoms with Crippen molar-refractivity contribution in [2.75, 3.05) is 0 Å². The Balaban J connectivity index is 0.00000280. The second-order valence-corrected chi connectivity index (χ2v) is 7.73. The fourth-order valence-electron chi connectivity index (χ4n) is 4.13. The molecule has 28 heavy (non-hydrogen) atoms. The number of carboxylic acids is 2. The molecule has 0 aliphatic heterocycles. The van der Waals surface area contributed by atoms with Gasteiger partial charge >= 0.3 is 11.9 Å². The van der Waals surface area contributed by atoms with E-state index >= 15 is 0 Å². The van der Waals surface area contributed by atoms with Gasteiger partial charge in [-0.25, -0.2) is 0 Å². The second kappa shape index (κ2) is 8.04. The van der Waals surface area contributed by atoms with Crippen LogP contribution in [0.5, 0.6) is 0 Å². The molecule has 2 saturated carbocycles. The first-order valence-electron chi connectivity index (χ1n) is 8.16. The highest BCUT2D eigenvalue weighted by Crippen LogP contribution is 2.62. The summed E-state index contributed by atoms with van der Waals surface area (Å²) in [5.74, 6) is -5.30. The summed E-state index contributed by atoms with van der Waals surface area (Å²) in [6.07, 6.45) is -1.10. The molecular weight excluding hydrogens is 435 g/mol. The molecule has 2 aliphatic carbocycles. The maximum atomic E-state index is 11.9. The second-order valence-electron chi connectivity index (χ2n) is 6.91. The molecule has 3 rings (SSSR count). The van der Waals surface area contributed by atoms with Crippen molar-refractivity contribution in [1.82, 2.24) is 5.32 Å². The molecule has 0 unspecified atom stereocenters. The van der Waals surface area contributed by atoms with Crippen LogP contribution in [0.25, 0.3) is 0 Å². The smallest absolute Gasteiger partial charge is 0.326 e. The van der Waals surface area contributed by atoms with E-state index in [4.69, 9.17) is 33.7 Å². The van der Waals surface area contributed by atoms with E-state index in [1.165, 1.54) is 6.92 Å². The minimum atomic E-state index is -1.93. The van der Waals surface area contributed by atoms with E-state index in [1.807, 2.05) is 0 Å². The summed E-state index contributed by atoms with van der Waals surface area (Å²) in [6.45, 7) is 1.24. The van der Waals surface area contributed by atoms with Crippen LogP contribution in [0.3, 0.4) is 0 Å². The first-order valence-corrected chi connectivity index (χ1v) is 8.92. The normalized spacial score (nSPS) is 32.8. The third kappa shape index (κ3) is 3.67. The van der Waals surface area contributed by atoms with Crippen molar-refractivity contribution < 1.29 is 29.3 Å². The zero-order chi connectivity index (χ0) is 20.1. The topological polar surface area (TPSA) is 139 Å². The quantitative estimate of drug-likeness (QED) is 0.512. The van der Waals surface area contributed by atoms with Gasteiger partial charge < -0.3 is 26.0 Å². The number of ether oxygens (including phenoxy) is 1. The van der Waals surface area contributed by atoms with E-state index in [0.29, 0.717) is 15.6 Å². The van der Waals surface area contributed by atoms with Crippen molar-refractivity contribution in [2.45, 2.75) is 31.2 Å². The number of nitrogens with one attached hydrogen (secondary N) is 1. The number of benzene rings is 1. The Hall–Kier alpha value is -1.58. The molecule has 11 heteroatoms. The Kier molecular flexibility index (Phi) is 6.52. The third-order valence-corrected chi connectivity index (χ3v) is 6.02. The number of carboxylic acid groups (broad SMARTS) is 2. The van der Waals surface area contributed by atoms with Crippen molar-refractivity contribution in [3.8, 4) is 0 Å². The summed E-state index contributed by atoms with van der Waals surface area (Å²) in [5, 5.41) is 22.4. The van der Waals surface area contributed by atoms with Crippen LogP contribution in [0.15, 0.2) is 18.2 Å². The number of halogens is 3. The Morgan fingerprint density at radius 1 is 1.25 bits per heavy atom. The van der Waals surface area contributed by atoms with Gasteiger partial charge in [-0.15, -0.1) is 12.4 Å². The third-order valence-electron chi connectivity index (χ3n) is 5.28. The molecule has 8 nitrogen and oxygen atoms in total. The minimum absolute atomic E-state index is 0. The van der Waals surface area contributed by atoms with E-state index in [9.17, 15) is 24.6 Å². The molecule has 1 aromatic rings. The summed E-state index contributed by atoms with van der Waals surface area (Å²) >= 11 is 11.8. The molecule has 154 valence electrons. The van der Waals surface area contributed by atoms with Crippen molar-refractivity contribution in [3.05, 3.63) is 33.8 Å². The van der Waals surface area contributed by atoms with Gasteiger partial charge in [0.2, 0.25) is 5.91 Å². The number of hydrogen-bond donors (Lipinski definition) is 4. The fraction of sp³-hybridized carbons (Fsp3) is 0.471. The molecule has 0 radical (unpaired) electrons. The molecule has 0 heterocycles. The Morgan fingerprint density at radius 2 is 1.89 bits per heavy atom. The lowest BCUT2D eigenvalue weighted by atomic mass is 9.87. The van der Waals surface area contributed by atoms with E-state index < -0.39 is 53.3 Å². The molecule has 5 N–H and O–H groups in total. The zero-order valence-corrected chi connectivity index (χ0v) is 16.9. The molecule has 0 bridgehead atoms. The Bertz CT molecular complexity index is 822. The van der Waals surface area contributed by atoms with Crippen LogP contribution in [0.4, 0.5) is 0 Å². The highest BCUT2D eigenvalue weighted by molar-refractivity contribution is 6.42. The summed E-state index contributed by atoms with van der Waals surface area (Å²) in [5.41, 5.74) is 4.86. The van der Waals surface area contributed by atoms with Gasteiger partial charge in [0.15, 0.2) is 0 Å². The van der Waals surface area contributed by atoms with E-state index in [2.05, 4.69) is 5.32 Å². The number of aliphatic carboxylic acids is 2. The molecule has 0 saturated heterocycles. The van der Waals surface area contributed by atoms with Gasteiger partial charge in [0.1, 0.15) is 11.6 Å². The van der Waals surface area contributed by atoms with Gasteiger partial charge in [0.25, 0.3) is 0 Å². The number of fused-ring (bicyclic) bond motifs is 1. The van der Waals surface area contributed by atoms with Crippen LogP contribution in [0.1, 0.15) is 12.5 Å². The average molecular weight is 454 g/mol. The molecule has 6 atom stereocenters. The van der Waals surface area contributed by atoms with Gasteiger partial charge in [0.05, 0.1) is 28.6 Å². The molecule has 1 aromatic carbocycles. The number of carbonyl (C=O) groups is 3. The summed E-state index contributed by atoms with van der Waals surface area (Å²) < 4.78 is 5.79. The molecular formula is C17H19Cl3N2O6. The lowest BCUT2D eigenvalue weighted by Crippen LogP contribution is -2.63. The predicted molar refractivity (Wildman–Crippen MR) is 103 cm³/mol. The lowest BCUT2D eigenvalue weighted by Gasteiger charge is -2.34. The highest BCUT2D eigenvalue weighted by atomic mass is 35.5. The SMILES string of the molecule is CC(=O)N[C@H]1[C@H]2[C@H](C(=O)O)[C@H]2[C@](N)(C(=O)O)[C@@H]1OCc1ccc(Cl)c(Cl)c1.Cl. The van der Waals surface area contributed by atoms with Gasteiger partial charge in [-0.05, 0) is 17.7 Å². The fourth-order valence-corrected chi connectivity index (χ4v) is 4.45.